The van der Waals surface area contributed by atoms with Crippen molar-refractivity contribution in [2.75, 3.05) is 5.75 Å². The van der Waals surface area contributed by atoms with Crippen molar-refractivity contribution in [1.82, 2.24) is 10.2 Å². The maximum atomic E-state index is 8.32. The third-order valence-corrected chi connectivity index (χ3v) is 2.34. The van der Waals surface area contributed by atoms with Crippen LogP contribution >= 0.6 is 11.8 Å². The van der Waals surface area contributed by atoms with Crippen LogP contribution in [0.4, 0.5) is 0 Å². The first kappa shape index (κ1) is 9.14. The minimum Gasteiger partial charge on any atom is -0.282 e. The second-order valence-corrected chi connectivity index (χ2v) is 3.48. The molecule has 0 saturated carbocycles. The Labute approximate surface area is 76.2 Å². The first-order valence-corrected chi connectivity index (χ1v) is 4.75. The first-order chi connectivity index (χ1) is 5.75. The third-order valence-electron chi connectivity index (χ3n) is 1.80. The Morgan fingerprint density at radius 3 is 2.83 bits per heavy atom. The van der Waals surface area contributed by atoms with E-state index in [4.69, 9.17) is 5.26 Å². The van der Waals surface area contributed by atoms with Crippen LogP contribution in [0.15, 0.2) is 0 Å². The maximum absolute atomic E-state index is 8.32. The number of aryl methyl sites for hydroxylation is 2. The Bertz CT molecular complexity index is 278. The van der Waals surface area contributed by atoms with Gasteiger partial charge in [-0.2, -0.15) is 10.4 Å². The van der Waals surface area contributed by atoms with E-state index in [0.717, 1.165) is 23.6 Å². The van der Waals surface area contributed by atoms with Gasteiger partial charge in [0, 0.05) is 11.4 Å². The predicted molar refractivity (Wildman–Crippen MR) is 49.8 cm³/mol. The van der Waals surface area contributed by atoms with E-state index in [0.29, 0.717) is 0 Å². The SMILES string of the molecule is Cc1n[nH]c(C)c1CCSC#N. The monoisotopic (exact) mass is 181 g/mol. The Morgan fingerprint density at radius 1 is 1.58 bits per heavy atom. The van der Waals surface area contributed by atoms with Crippen LogP contribution in [-0.4, -0.2) is 16.0 Å². The van der Waals surface area contributed by atoms with Crippen LogP contribution in [0.25, 0.3) is 0 Å². The molecule has 1 aromatic rings. The number of H-pyrrole nitrogens is 1. The number of hydrogen-bond acceptors (Lipinski definition) is 3. The zero-order valence-electron chi connectivity index (χ0n) is 7.22. The van der Waals surface area contributed by atoms with Gasteiger partial charge in [-0.3, -0.25) is 5.10 Å². The summed E-state index contributed by atoms with van der Waals surface area (Å²) in [4.78, 5) is 0. The molecule has 0 aliphatic heterocycles. The fourth-order valence-electron chi connectivity index (χ4n) is 1.14. The smallest absolute Gasteiger partial charge is 0.133 e. The fourth-order valence-corrected chi connectivity index (χ4v) is 1.54. The van der Waals surface area contributed by atoms with Crippen LogP contribution in [0.5, 0.6) is 0 Å². The van der Waals surface area contributed by atoms with Gasteiger partial charge in [0.05, 0.1) is 5.69 Å². The minimum absolute atomic E-state index is 0.845. The molecule has 0 aliphatic carbocycles. The van der Waals surface area contributed by atoms with Gasteiger partial charge < -0.3 is 0 Å². The van der Waals surface area contributed by atoms with Crippen LogP contribution in [0.1, 0.15) is 17.0 Å². The average molecular weight is 181 g/mol. The molecule has 0 radical (unpaired) electrons. The van der Waals surface area contributed by atoms with Crippen molar-refractivity contribution in [3.05, 3.63) is 17.0 Å². The van der Waals surface area contributed by atoms with Crippen LogP contribution in [0, 0.1) is 24.5 Å². The van der Waals surface area contributed by atoms with Gasteiger partial charge in [-0.1, -0.05) is 0 Å². The second kappa shape index (κ2) is 4.17. The molecule has 0 spiro atoms. The molecule has 0 fully saturated rings. The summed E-state index contributed by atoms with van der Waals surface area (Å²) in [6.07, 6.45) is 0.923. The highest BCUT2D eigenvalue weighted by Gasteiger charge is 2.04. The van der Waals surface area contributed by atoms with E-state index < -0.39 is 0 Å². The van der Waals surface area contributed by atoms with Gasteiger partial charge >= 0.3 is 0 Å². The lowest BCUT2D eigenvalue weighted by atomic mass is 10.1. The van der Waals surface area contributed by atoms with E-state index in [1.807, 2.05) is 13.8 Å². The van der Waals surface area contributed by atoms with Crippen molar-refractivity contribution in [2.45, 2.75) is 20.3 Å². The van der Waals surface area contributed by atoms with Crippen molar-refractivity contribution in [3.8, 4) is 5.40 Å². The molecular weight excluding hydrogens is 170 g/mol. The highest BCUT2D eigenvalue weighted by molar-refractivity contribution is 8.03. The van der Waals surface area contributed by atoms with Gasteiger partial charge in [-0.15, -0.1) is 0 Å². The van der Waals surface area contributed by atoms with Crippen molar-refractivity contribution >= 4 is 11.8 Å². The minimum atomic E-state index is 0.845. The molecule has 1 heterocycles. The van der Waals surface area contributed by atoms with Gasteiger partial charge in [0.1, 0.15) is 5.40 Å². The zero-order chi connectivity index (χ0) is 8.97. The van der Waals surface area contributed by atoms with E-state index in [9.17, 15) is 0 Å². The Morgan fingerprint density at radius 2 is 2.33 bits per heavy atom. The molecule has 3 nitrogen and oxygen atoms in total. The second-order valence-electron chi connectivity index (χ2n) is 2.60. The average Bonchev–Trinajstić information content (AvgIpc) is 2.35. The molecule has 64 valence electrons. The van der Waals surface area contributed by atoms with Crippen LogP contribution in [-0.2, 0) is 6.42 Å². The number of aromatic nitrogens is 2. The van der Waals surface area contributed by atoms with Crippen molar-refractivity contribution in [2.24, 2.45) is 0 Å². The molecule has 1 rings (SSSR count). The van der Waals surface area contributed by atoms with Crippen LogP contribution in [0.3, 0.4) is 0 Å². The van der Waals surface area contributed by atoms with Crippen molar-refractivity contribution in [3.63, 3.8) is 0 Å². The molecule has 1 aromatic heterocycles. The number of rotatable bonds is 3. The molecule has 0 aliphatic rings. The molecule has 0 saturated heterocycles. The number of aromatic amines is 1. The van der Waals surface area contributed by atoms with Crippen LogP contribution < -0.4 is 0 Å². The molecule has 0 aromatic carbocycles. The Balaban J connectivity index is 2.57. The number of nitrogens with one attached hydrogen (secondary N) is 1. The summed E-state index contributed by atoms with van der Waals surface area (Å²) < 4.78 is 0. The maximum Gasteiger partial charge on any atom is 0.133 e. The lowest BCUT2D eigenvalue weighted by Crippen LogP contribution is -1.90. The quantitative estimate of drug-likeness (QED) is 0.571. The predicted octanol–water partition coefficient (Wildman–Crippen LogP) is 1.78. The van der Waals surface area contributed by atoms with Gasteiger partial charge in [0.15, 0.2) is 0 Å². The van der Waals surface area contributed by atoms with Gasteiger partial charge in [0.25, 0.3) is 0 Å². The van der Waals surface area contributed by atoms with Gasteiger partial charge in [-0.25, -0.2) is 0 Å². The molecule has 0 unspecified atom stereocenters. The first-order valence-electron chi connectivity index (χ1n) is 3.77. The lowest BCUT2D eigenvalue weighted by Gasteiger charge is -1.96. The Kier molecular flexibility index (Phi) is 3.18. The topological polar surface area (TPSA) is 52.5 Å². The highest BCUT2D eigenvalue weighted by atomic mass is 32.2. The summed E-state index contributed by atoms with van der Waals surface area (Å²) >= 11 is 1.29. The molecule has 12 heavy (non-hydrogen) atoms. The van der Waals surface area contributed by atoms with E-state index in [-0.39, 0.29) is 0 Å². The number of nitriles is 1. The number of nitrogens with zero attached hydrogens (tertiary/aromatic N) is 2. The summed E-state index contributed by atoms with van der Waals surface area (Å²) in [5, 5.41) is 17.4. The number of thioether (sulfide) groups is 1. The lowest BCUT2D eigenvalue weighted by molar-refractivity contribution is 1.02. The molecule has 0 bridgehead atoms. The van der Waals surface area contributed by atoms with Crippen molar-refractivity contribution in [1.29, 1.82) is 5.26 Å². The van der Waals surface area contributed by atoms with Gasteiger partial charge in [0.2, 0.25) is 0 Å². The summed E-state index contributed by atoms with van der Waals surface area (Å²) in [6, 6.07) is 0. The largest absolute Gasteiger partial charge is 0.282 e. The summed E-state index contributed by atoms with van der Waals surface area (Å²) in [5.74, 6) is 0.845. The number of thiocyanates is 1. The summed E-state index contributed by atoms with van der Waals surface area (Å²) in [5.41, 5.74) is 3.41. The van der Waals surface area contributed by atoms with Gasteiger partial charge in [-0.05, 0) is 37.6 Å². The number of hydrogen-bond donors (Lipinski definition) is 1. The van der Waals surface area contributed by atoms with Crippen LogP contribution in [0.2, 0.25) is 0 Å². The summed E-state index contributed by atoms with van der Waals surface area (Å²) in [7, 11) is 0. The van der Waals surface area contributed by atoms with E-state index in [2.05, 4.69) is 15.6 Å². The normalized spacial score (nSPS) is 9.75. The van der Waals surface area contributed by atoms with E-state index in [1.54, 1.807) is 0 Å². The molecular formula is C8H11N3S. The standard InChI is InChI=1S/C8H11N3S/c1-6-8(3-4-12-5-9)7(2)11-10-6/h3-4H2,1-2H3,(H,10,11). The summed E-state index contributed by atoms with van der Waals surface area (Å²) in [6.45, 7) is 3.99. The molecule has 1 N–H and O–H groups in total. The molecule has 4 heteroatoms. The highest BCUT2D eigenvalue weighted by Crippen LogP contribution is 2.12. The van der Waals surface area contributed by atoms with E-state index in [1.165, 1.54) is 17.3 Å². The molecule has 0 atom stereocenters. The Hall–Kier alpha value is -0.950. The zero-order valence-corrected chi connectivity index (χ0v) is 8.03. The third kappa shape index (κ3) is 2.02. The van der Waals surface area contributed by atoms with E-state index >= 15 is 0 Å². The molecule has 0 amide bonds. The van der Waals surface area contributed by atoms with Crippen molar-refractivity contribution < 1.29 is 0 Å². The fraction of sp³-hybridized carbons (Fsp3) is 0.500.